The molecule has 0 atom stereocenters. The molecule has 1 aromatic carbocycles. The Bertz CT molecular complexity index is 897. The van der Waals surface area contributed by atoms with Crippen LogP contribution in [0.15, 0.2) is 30.5 Å². The molecular formula is C21H26FN5O. The maximum absolute atomic E-state index is 14.3. The zero-order chi connectivity index (χ0) is 20.1. The van der Waals surface area contributed by atoms with Gasteiger partial charge in [-0.1, -0.05) is 11.8 Å². The third kappa shape index (κ3) is 4.53. The fraction of sp³-hybridized carbons (Fsp3) is 0.381. The fourth-order valence-corrected chi connectivity index (χ4v) is 3.05. The first kappa shape index (κ1) is 19.9. The third-order valence-corrected chi connectivity index (χ3v) is 4.78. The second-order valence-corrected chi connectivity index (χ2v) is 7.11. The molecule has 0 radical (unpaired) electrons. The van der Waals surface area contributed by atoms with Crippen molar-refractivity contribution in [3.63, 3.8) is 0 Å². The number of rotatable bonds is 4. The van der Waals surface area contributed by atoms with Crippen LogP contribution >= 0.6 is 0 Å². The van der Waals surface area contributed by atoms with E-state index in [2.05, 4.69) is 46.2 Å². The topological polar surface area (TPSA) is 75.4 Å². The van der Waals surface area contributed by atoms with Crippen LogP contribution in [0.25, 0.3) is 0 Å². The molecule has 1 aromatic heterocycles. The molecule has 0 amide bonds. The van der Waals surface area contributed by atoms with Gasteiger partial charge < -0.3 is 21.1 Å². The van der Waals surface area contributed by atoms with Crippen molar-refractivity contribution in [2.45, 2.75) is 19.4 Å². The second-order valence-electron chi connectivity index (χ2n) is 7.11. The van der Waals surface area contributed by atoms with Crippen LogP contribution in [0.2, 0.25) is 0 Å². The summed E-state index contributed by atoms with van der Waals surface area (Å²) in [6, 6.07) is 6.32. The van der Waals surface area contributed by atoms with E-state index in [0.717, 1.165) is 26.2 Å². The first-order valence-electron chi connectivity index (χ1n) is 9.29. The molecule has 6 nitrogen and oxygen atoms in total. The Morgan fingerprint density at radius 2 is 2.00 bits per heavy atom. The highest BCUT2D eigenvalue weighted by molar-refractivity contribution is 5.60. The molecule has 4 N–H and O–H groups in total. The van der Waals surface area contributed by atoms with Gasteiger partial charge in [0.25, 0.3) is 0 Å². The summed E-state index contributed by atoms with van der Waals surface area (Å²) in [5.41, 5.74) is 6.84. The Kier molecular flexibility index (Phi) is 6.02. The lowest BCUT2D eigenvalue weighted by Gasteiger charge is -2.37. The van der Waals surface area contributed by atoms with Crippen molar-refractivity contribution in [3.8, 4) is 23.3 Å². The van der Waals surface area contributed by atoms with Gasteiger partial charge in [0.05, 0.1) is 5.54 Å². The minimum Gasteiger partial charge on any atom is -0.453 e. The van der Waals surface area contributed by atoms with Crippen LogP contribution < -0.4 is 21.1 Å². The Morgan fingerprint density at radius 1 is 1.25 bits per heavy atom. The molecule has 7 heteroatoms. The highest BCUT2D eigenvalue weighted by Gasteiger charge is 2.25. The van der Waals surface area contributed by atoms with Gasteiger partial charge in [0, 0.05) is 57.2 Å². The number of halogens is 1. The average Bonchev–Trinajstić information content (AvgIpc) is 2.69. The van der Waals surface area contributed by atoms with E-state index in [4.69, 9.17) is 10.5 Å². The Hall–Kier alpha value is -2.82. The SMILES string of the molecule is CNc1ccc(Oc2ccnc(N)c2C#CC(C)(C)N2CCNCC2)c(F)c1. The van der Waals surface area contributed by atoms with Gasteiger partial charge >= 0.3 is 0 Å². The van der Waals surface area contributed by atoms with Crippen molar-refractivity contribution in [2.24, 2.45) is 0 Å². The average molecular weight is 383 g/mol. The number of hydrogen-bond acceptors (Lipinski definition) is 6. The van der Waals surface area contributed by atoms with E-state index in [9.17, 15) is 4.39 Å². The number of benzene rings is 1. The molecule has 3 rings (SSSR count). The van der Waals surface area contributed by atoms with Crippen LogP contribution in [0.1, 0.15) is 19.4 Å². The maximum atomic E-state index is 14.3. The molecular weight excluding hydrogens is 357 g/mol. The molecule has 1 aliphatic rings. The first-order valence-corrected chi connectivity index (χ1v) is 9.29. The van der Waals surface area contributed by atoms with Gasteiger partial charge in [-0.25, -0.2) is 9.37 Å². The van der Waals surface area contributed by atoms with E-state index in [1.54, 1.807) is 25.2 Å². The van der Waals surface area contributed by atoms with Gasteiger partial charge in [-0.15, -0.1) is 0 Å². The number of ether oxygens (including phenoxy) is 1. The molecule has 1 aliphatic heterocycles. The van der Waals surface area contributed by atoms with Crippen LogP contribution in [-0.4, -0.2) is 48.6 Å². The van der Waals surface area contributed by atoms with Crippen molar-refractivity contribution in [1.82, 2.24) is 15.2 Å². The minimum atomic E-state index is -0.470. The summed E-state index contributed by atoms with van der Waals surface area (Å²) in [6.45, 7) is 7.89. The van der Waals surface area contributed by atoms with Crippen LogP contribution in [0.5, 0.6) is 11.5 Å². The van der Waals surface area contributed by atoms with E-state index in [1.165, 1.54) is 12.3 Å². The van der Waals surface area contributed by atoms with E-state index >= 15 is 0 Å². The van der Waals surface area contributed by atoms with Crippen LogP contribution in [0.4, 0.5) is 15.9 Å². The van der Waals surface area contributed by atoms with Gasteiger partial charge in [0.1, 0.15) is 17.1 Å². The normalized spacial score (nSPS) is 14.9. The number of hydrogen-bond donors (Lipinski definition) is 3. The molecule has 0 bridgehead atoms. The van der Waals surface area contributed by atoms with E-state index in [0.29, 0.717) is 17.0 Å². The number of anilines is 2. The number of nitrogens with two attached hydrogens (primary N) is 1. The lowest BCUT2D eigenvalue weighted by molar-refractivity contribution is 0.149. The van der Waals surface area contributed by atoms with Crippen molar-refractivity contribution in [1.29, 1.82) is 0 Å². The van der Waals surface area contributed by atoms with Crippen LogP contribution in [0.3, 0.4) is 0 Å². The fourth-order valence-electron chi connectivity index (χ4n) is 3.05. The third-order valence-electron chi connectivity index (χ3n) is 4.78. The first-order chi connectivity index (χ1) is 13.4. The molecule has 0 aliphatic carbocycles. The van der Waals surface area contributed by atoms with Crippen LogP contribution in [0, 0.1) is 17.7 Å². The van der Waals surface area contributed by atoms with Crippen molar-refractivity contribution >= 4 is 11.5 Å². The van der Waals surface area contributed by atoms with E-state index in [-0.39, 0.29) is 17.1 Å². The monoisotopic (exact) mass is 383 g/mol. The summed E-state index contributed by atoms with van der Waals surface area (Å²) in [5, 5.41) is 6.23. The Labute approximate surface area is 165 Å². The van der Waals surface area contributed by atoms with Crippen molar-refractivity contribution in [3.05, 3.63) is 41.8 Å². The van der Waals surface area contributed by atoms with Gasteiger partial charge in [0.2, 0.25) is 0 Å². The molecule has 2 aromatic rings. The molecule has 0 spiro atoms. The molecule has 0 unspecified atom stereocenters. The van der Waals surface area contributed by atoms with E-state index < -0.39 is 5.82 Å². The highest BCUT2D eigenvalue weighted by Crippen LogP contribution is 2.30. The van der Waals surface area contributed by atoms with Gasteiger partial charge in [-0.05, 0) is 26.0 Å². The summed E-state index contributed by atoms with van der Waals surface area (Å²) < 4.78 is 20.1. The highest BCUT2D eigenvalue weighted by atomic mass is 19.1. The molecule has 28 heavy (non-hydrogen) atoms. The molecule has 1 fully saturated rings. The number of nitrogens with zero attached hydrogens (tertiary/aromatic N) is 2. The van der Waals surface area contributed by atoms with Crippen molar-refractivity contribution < 1.29 is 9.13 Å². The summed E-state index contributed by atoms with van der Waals surface area (Å²) in [5.74, 6) is 6.69. The Balaban J connectivity index is 1.89. The number of aromatic nitrogens is 1. The smallest absolute Gasteiger partial charge is 0.167 e. The van der Waals surface area contributed by atoms with Crippen LogP contribution in [-0.2, 0) is 0 Å². The quantitative estimate of drug-likeness (QED) is 0.705. The number of piperazine rings is 1. The molecule has 1 saturated heterocycles. The standard InChI is InChI=1S/C21H26FN5O/c1-21(2,27-12-10-25-11-13-27)8-6-16-18(7-9-26-20(16)23)28-19-5-4-15(24-3)14-17(19)22/h4-5,7,9,14,24-25H,10-13H2,1-3H3,(H2,23,26). The molecule has 0 saturated carbocycles. The number of pyridine rings is 1. The zero-order valence-corrected chi connectivity index (χ0v) is 16.5. The lowest BCUT2D eigenvalue weighted by Crippen LogP contribution is -2.52. The largest absolute Gasteiger partial charge is 0.453 e. The second kappa shape index (κ2) is 8.46. The Morgan fingerprint density at radius 3 is 2.68 bits per heavy atom. The lowest BCUT2D eigenvalue weighted by atomic mass is 10.0. The van der Waals surface area contributed by atoms with Crippen molar-refractivity contribution in [2.75, 3.05) is 44.3 Å². The minimum absolute atomic E-state index is 0.106. The summed E-state index contributed by atoms with van der Waals surface area (Å²) in [7, 11) is 1.73. The molecule has 2 heterocycles. The predicted octanol–water partition coefficient (Wildman–Crippen LogP) is 2.67. The predicted molar refractivity (Wildman–Crippen MR) is 110 cm³/mol. The summed E-state index contributed by atoms with van der Waals surface area (Å²) in [6.07, 6.45) is 1.52. The van der Waals surface area contributed by atoms with Gasteiger partial charge in [-0.3, -0.25) is 4.90 Å². The number of nitrogen functional groups attached to an aromatic ring is 1. The summed E-state index contributed by atoms with van der Waals surface area (Å²) >= 11 is 0. The zero-order valence-electron chi connectivity index (χ0n) is 16.5. The maximum Gasteiger partial charge on any atom is 0.167 e. The summed E-state index contributed by atoms with van der Waals surface area (Å²) in [4.78, 5) is 6.43. The van der Waals surface area contributed by atoms with E-state index in [1.807, 2.05) is 0 Å². The number of nitrogens with one attached hydrogen (secondary N) is 2. The van der Waals surface area contributed by atoms with Gasteiger partial charge in [0.15, 0.2) is 11.6 Å². The van der Waals surface area contributed by atoms with Gasteiger partial charge in [-0.2, -0.15) is 0 Å². The molecule has 148 valence electrons.